The number of carbonyl (C=O) groups is 1. The number of hydrogen-bond acceptors (Lipinski definition) is 3. The first kappa shape index (κ1) is 13.9. The SMILES string of the molecule is CCCOc1ccccc1NC(=O)CNCC1CC1. The number of carbonyl (C=O) groups excluding carboxylic acids is 1. The Morgan fingerprint density at radius 2 is 2.16 bits per heavy atom. The normalized spacial score (nSPS) is 14.2. The molecule has 2 N–H and O–H groups in total. The lowest BCUT2D eigenvalue weighted by atomic mass is 10.3. The van der Waals surface area contributed by atoms with Gasteiger partial charge in [-0.2, -0.15) is 0 Å². The molecule has 2 rings (SSSR count). The molecule has 0 spiro atoms. The van der Waals surface area contributed by atoms with Crippen molar-refractivity contribution in [2.75, 3.05) is 25.0 Å². The third-order valence-corrected chi connectivity index (χ3v) is 3.04. The summed E-state index contributed by atoms with van der Waals surface area (Å²) >= 11 is 0. The van der Waals surface area contributed by atoms with E-state index in [2.05, 4.69) is 17.6 Å². The summed E-state index contributed by atoms with van der Waals surface area (Å²) in [6.45, 7) is 4.02. The average molecular weight is 262 g/mol. The maximum absolute atomic E-state index is 11.8. The molecule has 1 aromatic carbocycles. The van der Waals surface area contributed by atoms with Crippen LogP contribution >= 0.6 is 0 Å². The zero-order chi connectivity index (χ0) is 13.5. The number of anilines is 1. The molecule has 0 radical (unpaired) electrons. The van der Waals surface area contributed by atoms with E-state index in [0.29, 0.717) is 13.2 Å². The first-order valence-corrected chi connectivity index (χ1v) is 7.02. The van der Waals surface area contributed by atoms with Crippen molar-refractivity contribution in [1.82, 2.24) is 5.32 Å². The van der Waals surface area contributed by atoms with E-state index < -0.39 is 0 Å². The maximum Gasteiger partial charge on any atom is 0.238 e. The number of rotatable bonds is 8. The van der Waals surface area contributed by atoms with Crippen LogP contribution in [0.15, 0.2) is 24.3 Å². The van der Waals surface area contributed by atoms with E-state index in [9.17, 15) is 4.79 Å². The summed E-state index contributed by atoms with van der Waals surface area (Å²) < 4.78 is 5.60. The van der Waals surface area contributed by atoms with Crippen molar-refractivity contribution in [3.8, 4) is 5.75 Å². The number of nitrogens with one attached hydrogen (secondary N) is 2. The van der Waals surface area contributed by atoms with Gasteiger partial charge in [0.1, 0.15) is 5.75 Å². The first-order valence-electron chi connectivity index (χ1n) is 7.02. The molecular weight excluding hydrogens is 240 g/mol. The van der Waals surface area contributed by atoms with Crippen LogP contribution in [0, 0.1) is 5.92 Å². The summed E-state index contributed by atoms with van der Waals surface area (Å²) in [6, 6.07) is 7.55. The predicted octanol–water partition coefficient (Wildman–Crippen LogP) is 2.41. The van der Waals surface area contributed by atoms with Crippen LogP contribution in [0.1, 0.15) is 26.2 Å². The summed E-state index contributed by atoms with van der Waals surface area (Å²) in [4.78, 5) is 11.8. The van der Waals surface area contributed by atoms with Gasteiger partial charge < -0.3 is 15.4 Å². The standard InChI is InChI=1S/C15H22N2O2/c1-2-9-19-14-6-4-3-5-13(14)17-15(18)11-16-10-12-7-8-12/h3-6,12,16H,2,7-11H2,1H3,(H,17,18). The molecule has 4 nitrogen and oxygen atoms in total. The van der Waals surface area contributed by atoms with E-state index in [-0.39, 0.29) is 5.91 Å². The molecule has 0 saturated heterocycles. The van der Waals surface area contributed by atoms with Gasteiger partial charge in [-0.15, -0.1) is 0 Å². The molecule has 19 heavy (non-hydrogen) atoms. The number of hydrogen-bond donors (Lipinski definition) is 2. The van der Waals surface area contributed by atoms with Crippen molar-refractivity contribution in [1.29, 1.82) is 0 Å². The molecule has 104 valence electrons. The minimum Gasteiger partial charge on any atom is -0.491 e. The van der Waals surface area contributed by atoms with E-state index in [4.69, 9.17) is 4.74 Å². The summed E-state index contributed by atoms with van der Waals surface area (Å²) in [5.74, 6) is 1.50. The molecule has 0 aliphatic heterocycles. The molecule has 1 saturated carbocycles. The molecule has 0 atom stereocenters. The fraction of sp³-hybridized carbons (Fsp3) is 0.533. The molecule has 0 bridgehead atoms. The first-order chi connectivity index (χ1) is 9.29. The Hall–Kier alpha value is -1.55. The van der Waals surface area contributed by atoms with E-state index in [1.165, 1.54) is 12.8 Å². The van der Waals surface area contributed by atoms with Crippen molar-refractivity contribution < 1.29 is 9.53 Å². The number of para-hydroxylation sites is 2. The molecular formula is C15H22N2O2. The van der Waals surface area contributed by atoms with Crippen LogP contribution in [0.25, 0.3) is 0 Å². The van der Waals surface area contributed by atoms with E-state index in [0.717, 1.165) is 30.3 Å². The Morgan fingerprint density at radius 3 is 2.89 bits per heavy atom. The number of ether oxygens (including phenoxy) is 1. The smallest absolute Gasteiger partial charge is 0.238 e. The van der Waals surface area contributed by atoms with Crippen molar-refractivity contribution in [2.45, 2.75) is 26.2 Å². The number of amides is 1. The fourth-order valence-electron chi connectivity index (χ4n) is 1.81. The van der Waals surface area contributed by atoms with Crippen LogP contribution in [0.5, 0.6) is 5.75 Å². The minimum atomic E-state index is -0.0202. The highest BCUT2D eigenvalue weighted by molar-refractivity contribution is 5.93. The van der Waals surface area contributed by atoms with Crippen molar-refractivity contribution in [2.24, 2.45) is 5.92 Å². The van der Waals surface area contributed by atoms with E-state index in [1.54, 1.807) is 0 Å². The Morgan fingerprint density at radius 1 is 1.37 bits per heavy atom. The van der Waals surface area contributed by atoms with Gasteiger partial charge in [0.25, 0.3) is 0 Å². The second-order valence-corrected chi connectivity index (χ2v) is 4.97. The Bertz CT molecular complexity index is 416. The van der Waals surface area contributed by atoms with Gasteiger partial charge in [-0.05, 0) is 43.9 Å². The average Bonchev–Trinajstić information content (AvgIpc) is 3.22. The molecule has 1 aliphatic rings. The predicted molar refractivity (Wildman–Crippen MR) is 76.5 cm³/mol. The Labute approximate surface area is 114 Å². The summed E-state index contributed by atoms with van der Waals surface area (Å²) in [7, 11) is 0. The zero-order valence-corrected chi connectivity index (χ0v) is 11.4. The molecule has 1 aromatic rings. The highest BCUT2D eigenvalue weighted by Crippen LogP contribution is 2.27. The van der Waals surface area contributed by atoms with Crippen LogP contribution in [-0.2, 0) is 4.79 Å². The van der Waals surface area contributed by atoms with Crippen LogP contribution in [0.3, 0.4) is 0 Å². The molecule has 1 aliphatic carbocycles. The Balaban J connectivity index is 1.80. The van der Waals surface area contributed by atoms with Crippen molar-refractivity contribution in [3.05, 3.63) is 24.3 Å². The lowest BCUT2D eigenvalue weighted by Crippen LogP contribution is -2.29. The topological polar surface area (TPSA) is 50.4 Å². The molecule has 4 heteroatoms. The quantitative estimate of drug-likeness (QED) is 0.756. The molecule has 1 fully saturated rings. The molecule has 1 amide bonds. The second kappa shape index (κ2) is 7.14. The third-order valence-electron chi connectivity index (χ3n) is 3.04. The van der Waals surface area contributed by atoms with Gasteiger partial charge >= 0.3 is 0 Å². The van der Waals surface area contributed by atoms with E-state index in [1.807, 2.05) is 24.3 Å². The van der Waals surface area contributed by atoms with Gasteiger partial charge in [-0.3, -0.25) is 4.79 Å². The van der Waals surface area contributed by atoms with Crippen LogP contribution in [-0.4, -0.2) is 25.6 Å². The molecule has 0 heterocycles. The third kappa shape index (κ3) is 4.91. The van der Waals surface area contributed by atoms with Gasteiger partial charge in [-0.1, -0.05) is 19.1 Å². The van der Waals surface area contributed by atoms with Gasteiger partial charge in [0.2, 0.25) is 5.91 Å². The lowest BCUT2D eigenvalue weighted by Gasteiger charge is -2.12. The van der Waals surface area contributed by atoms with Crippen LogP contribution in [0.2, 0.25) is 0 Å². The summed E-state index contributed by atoms with van der Waals surface area (Å²) in [6.07, 6.45) is 3.54. The Kier molecular flexibility index (Phi) is 5.21. The number of benzene rings is 1. The summed E-state index contributed by atoms with van der Waals surface area (Å²) in [5.41, 5.74) is 0.745. The minimum absolute atomic E-state index is 0.0202. The van der Waals surface area contributed by atoms with Crippen molar-refractivity contribution >= 4 is 11.6 Å². The van der Waals surface area contributed by atoms with E-state index >= 15 is 0 Å². The monoisotopic (exact) mass is 262 g/mol. The second-order valence-electron chi connectivity index (χ2n) is 4.97. The van der Waals surface area contributed by atoms with Gasteiger partial charge in [0, 0.05) is 0 Å². The van der Waals surface area contributed by atoms with Gasteiger partial charge in [0.05, 0.1) is 18.8 Å². The lowest BCUT2D eigenvalue weighted by molar-refractivity contribution is -0.115. The highest BCUT2D eigenvalue weighted by Gasteiger charge is 2.20. The highest BCUT2D eigenvalue weighted by atomic mass is 16.5. The largest absolute Gasteiger partial charge is 0.491 e. The van der Waals surface area contributed by atoms with Gasteiger partial charge in [0.15, 0.2) is 0 Å². The maximum atomic E-state index is 11.8. The molecule has 0 unspecified atom stereocenters. The zero-order valence-electron chi connectivity index (χ0n) is 11.4. The van der Waals surface area contributed by atoms with Crippen LogP contribution < -0.4 is 15.4 Å². The van der Waals surface area contributed by atoms with Crippen LogP contribution in [0.4, 0.5) is 5.69 Å². The summed E-state index contributed by atoms with van der Waals surface area (Å²) in [5, 5.41) is 6.06. The van der Waals surface area contributed by atoms with Crippen molar-refractivity contribution in [3.63, 3.8) is 0 Å². The molecule has 0 aromatic heterocycles. The fourth-order valence-corrected chi connectivity index (χ4v) is 1.81. The van der Waals surface area contributed by atoms with Gasteiger partial charge in [-0.25, -0.2) is 0 Å².